The normalized spacial score (nSPS) is 10.1. The zero-order chi connectivity index (χ0) is 15.9. The highest BCUT2D eigenvalue weighted by Gasteiger charge is 2.05. The first kappa shape index (κ1) is 16.6. The molecule has 0 unspecified atom stereocenters. The van der Waals surface area contributed by atoms with Gasteiger partial charge in [-0.1, -0.05) is 29.8 Å². The molecule has 0 heterocycles. The van der Waals surface area contributed by atoms with Crippen molar-refractivity contribution >= 4 is 34.6 Å². The van der Waals surface area contributed by atoms with Crippen LogP contribution in [0.5, 0.6) is 5.75 Å². The van der Waals surface area contributed by atoms with Crippen molar-refractivity contribution < 1.29 is 4.74 Å². The molecule has 0 aliphatic carbocycles. The fourth-order valence-electron chi connectivity index (χ4n) is 2.05. The first-order valence-corrected chi connectivity index (χ1v) is 7.90. The number of hydrogen-bond donors (Lipinski definition) is 2. The summed E-state index contributed by atoms with van der Waals surface area (Å²) in [5.74, 6) is 0.789. The van der Waals surface area contributed by atoms with E-state index in [-0.39, 0.29) is 0 Å². The van der Waals surface area contributed by atoms with Crippen LogP contribution in [0.1, 0.15) is 18.1 Å². The van der Waals surface area contributed by atoms with Crippen LogP contribution < -0.4 is 15.4 Å². The van der Waals surface area contributed by atoms with Crippen LogP contribution in [0.4, 0.5) is 5.69 Å². The number of benzene rings is 2. The van der Waals surface area contributed by atoms with Gasteiger partial charge in [0.25, 0.3) is 0 Å². The van der Waals surface area contributed by atoms with Crippen LogP contribution >= 0.6 is 23.8 Å². The van der Waals surface area contributed by atoms with Crippen molar-refractivity contribution in [1.29, 1.82) is 0 Å². The van der Waals surface area contributed by atoms with Gasteiger partial charge in [-0.25, -0.2) is 0 Å². The summed E-state index contributed by atoms with van der Waals surface area (Å²) in [5, 5.41) is 7.66. The Bertz CT molecular complexity index is 661. The summed E-state index contributed by atoms with van der Waals surface area (Å²) in [6.07, 6.45) is 0. The topological polar surface area (TPSA) is 33.3 Å². The fraction of sp³-hybridized carbons (Fsp3) is 0.235. The molecule has 0 atom stereocenters. The summed E-state index contributed by atoms with van der Waals surface area (Å²) in [5.41, 5.74) is 3.15. The zero-order valence-corrected chi connectivity index (χ0v) is 14.2. The quantitative estimate of drug-likeness (QED) is 0.787. The predicted molar refractivity (Wildman–Crippen MR) is 96.9 cm³/mol. The molecule has 0 aliphatic heterocycles. The molecule has 0 aromatic heterocycles. The Morgan fingerprint density at radius 1 is 1.23 bits per heavy atom. The van der Waals surface area contributed by atoms with Gasteiger partial charge in [0.05, 0.1) is 12.3 Å². The monoisotopic (exact) mass is 334 g/mol. The van der Waals surface area contributed by atoms with E-state index in [4.69, 9.17) is 28.6 Å². The average molecular weight is 335 g/mol. The molecule has 0 amide bonds. The molecule has 5 heteroatoms. The number of rotatable bonds is 5. The van der Waals surface area contributed by atoms with Crippen molar-refractivity contribution in [2.24, 2.45) is 0 Å². The van der Waals surface area contributed by atoms with Crippen molar-refractivity contribution in [2.75, 3.05) is 11.9 Å². The third-order valence-corrected chi connectivity index (χ3v) is 3.66. The Kier molecular flexibility index (Phi) is 6.04. The van der Waals surface area contributed by atoms with Crippen LogP contribution in [-0.4, -0.2) is 11.7 Å². The first-order chi connectivity index (χ1) is 10.6. The lowest BCUT2D eigenvalue weighted by molar-refractivity contribution is 0.342. The number of halogens is 1. The Labute approximate surface area is 141 Å². The van der Waals surface area contributed by atoms with E-state index in [1.165, 1.54) is 0 Å². The van der Waals surface area contributed by atoms with Crippen LogP contribution in [0, 0.1) is 6.92 Å². The molecule has 0 aliphatic rings. The summed E-state index contributed by atoms with van der Waals surface area (Å²) in [4.78, 5) is 0. The molecule has 2 aromatic rings. The largest absolute Gasteiger partial charge is 0.492 e. The van der Waals surface area contributed by atoms with Crippen molar-refractivity contribution in [3.05, 3.63) is 58.6 Å². The number of thiocarbonyl (C=S) groups is 1. The second-order valence-electron chi connectivity index (χ2n) is 4.81. The van der Waals surface area contributed by atoms with Crippen molar-refractivity contribution in [2.45, 2.75) is 20.4 Å². The van der Waals surface area contributed by atoms with E-state index in [9.17, 15) is 0 Å². The van der Waals surface area contributed by atoms with E-state index in [0.29, 0.717) is 18.3 Å². The summed E-state index contributed by atoms with van der Waals surface area (Å²) in [7, 11) is 0. The maximum Gasteiger partial charge on any atom is 0.171 e. The van der Waals surface area contributed by atoms with Crippen LogP contribution in [0.25, 0.3) is 0 Å². The van der Waals surface area contributed by atoms with Gasteiger partial charge < -0.3 is 15.4 Å². The summed E-state index contributed by atoms with van der Waals surface area (Å²) in [6.45, 7) is 5.24. The van der Waals surface area contributed by atoms with Crippen LogP contribution in [0.3, 0.4) is 0 Å². The van der Waals surface area contributed by atoms with E-state index >= 15 is 0 Å². The molecule has 0 radical (unpaired) electrons. The van der Waals surface area contributed by atoms with Gasteiger partial charge in [-0.05, 0) is 61.5 Å². The number of ether oxygens (including phenoxy) is 1. The van der Waals surface area contributed by atoms with Gasteiger partial charge in [0.1, 0.15) is 5.75 Å². The van der Waals surface area contributed by atoms with Gasteiger partial charge in [-0.2, -0.15) is 0 Å². The van der Waals surface area contributed by atoms with Gasteiger partial charge in [-0.15, -0.1) is 0 Å². The highest BCUT2D eigenvalue weighted by molar-refractivity contribution is 7.80. The molecule has 0 bridgehead atoms. The van der Waals surface area contributed by atoms with Gasteiger partial charge >= 0.3 is 0 Å². The van der Waals surface area contributed by atoms with Crippen molar-refractivity contribution in [1.82, 2.24) is 5.32 Å². The standard InChI is InChI=1S/C17H19ClN2OS/c1-3-21-16-7-5-4-6-15(16)20-17(22)19-11-13-8-9-14(18)10-12(13)2/h4-10H,3,11H2,1-2H3,(H2,19,20,22). The number of aryl methyl sites for hydroxylation is 1. The number of para-hydroxylation sites is 2. The van der Waals surface area contributed by atoms with E-state index in [1.807, 2.05) is 56.3 Å². The second-order valence-corrected chi connectivity index (χ2v) is 5.65. The second kappa shape index (κ2) is 8.01. The lowest BCUT2D eigenvalue weighted by atomic mass is 10.1. The maximum absolute atomic E-state index is 5.96. The zero-order valence-electron chi connectivity index (χ0n) is 12.7. The van der Waals surface area contributed by atoms with E-state index < -0.39 is 0 Å². The van der Waals surface area contributed by atoms with E-state index in [2.05, 4.69) is 10.6 Å². The molecule has 2 rings (SSSR count). The average Bonchev–Trinajstić information content (AvgIpc) is 2.48. The molecule has 0 saturated carbocycles. The Hall–Kier alpha value is -1.78. The molecule has 2 aromatic carbocycles. The van der Waals surface area contributed by atoms with Crippen LogP contribution in [0.2, 0.25) is 5.02 Å². The molecular formula is C17H19ClN2OS. The number of hydrogen-bond acceptors (Lipinski definition) is 2. The summed E-state index contributed by atoms with van der Waals surface area (Å²) < 4.78 is 5.57. The smallest absolute Gasteiger partial charge is 0.171 e. The highest BCUT2D eigenvalue weighted by Crippen LogP contribution is 2.23. The lowest BCUT2D eigenvalue weighted by Gasteiger charge is -2.15. The lowest BCUT2D eigenvalue weighted by Crippen LogP contribution is -2.28. The molecule has 22 heavy (non-hydrogen) atoms. The minimum absolute atomic E-state index is 0.557. The van der Waals surface area contributed by atoms with E-state index in [1.54, 1.807) is 0 Å². The highest BCUT2D eigenvalue weighted by atomic mass is 35.5. The van der Waals surface area contributed by atoms with Crippen molar-refractivity contribution in [3.8, 4) is 5.75 Å². The molecule has 2 N–H and O–H groups in total. The van der Waals surface area contributed by atoms with Gasteiger partial charge in [0.15, 0.2) is 5.11 Å². The van der Waals surface area contributed by atoms with Gasteiger partial charge in [0, 0.05) is 11.6 Å². The molecule has 3 nitrogen and oxygen atoms in total. The Balaban J connectivity index is 1.96. The van der Waals surface area contributed by atoms with E-state index in [0.717, 1.165) is 27.6 Å². The summed E-state index contributed by atoms with van der Waals surface area (Å²) >= 11 is 11.3. The minimum atomic E-state index is 0.557. The SMILES string of the molecule is CCOc1ccccc1NC(=S)NCc1ccc(Cl)cc1C. The molecule has 0 saturated heterocycles. The third kappa shape index (κ3) is 4.61. The fourth-order valence-corrected chi connectivity index (χ4v) is 2.46. The van der Waals surface area contributed by atoms with Gasteiger partial charge in [-0.3, -0.25) is 0 Å². The van der Waals surface area contributed by atoms with Gasteiger partial charge in [0.2, 0.25) is 0 Å². The molecule has 116 valence electrons. The molecular weight excluding hydrogens is 316 g/mol. The maximum atomic E-state index is 5.96. The Morgan fingerprint density at radius 2 is 2.00 bits per heavy atom. The number of nitrogens with one attached hydrogen (secondary N) is 2. The Morgan fingerprint density at radius 3 is 2.73 bits per heavy atom. The summed E-state index contributed by atoms with van der Waals surface area (Å²) in [6, 6.07) is 13.6. The number of anilines is 1. The predicted octanol–water partition coefficient (Wildman–Crippen LogP) is 4.53. The van der Waals surface area contributed by atoms with Crippen LogP contribution in [0.15, 0.2) is 42.5 Å². The first-order valence-electron chi connectivity index (χ1n) is 7.12. The van der Waals surface area contributed by atoms with Crippen molar-refractivity contribution in [3.63, 3.8) is 0 Å². The molecule has 0 spiro atoms. The molecule has 0 fully saturated rings. The van der Waals surface area contributed by atoms with Crippen LogP contribution in [-0.2, 0) is 6.54 Å². The minimum Gasteiger partial charge on any atom is -0.492 e. The third-order valence-electron chi connectivity index (χ3n) is 3.18.